The quantitative estimate of drug-likeness (QED) is 0.390. The third-order valence-corrected chi connectivity index (χ3v) is 4.98. The van der Waals surface area contributed by atoms with E-state index in [-0.39, 0.29) is 0 Å². The number of aryl methyl sites for hydroxylation is 1. The first kappa shape index (κ1) is 23.0. The van der Waals surface area contributed by atoms with Crippen LogP contribution < -0.4 is 24.8 Å². The number of hydrogen-bond donors (Lipinski definition) is 2. The van der Waals surface area contributed by atoms with Crippen LogP contribution in [0.5, 0.6) is 17.2 Å². The molecule has 0 saturated carbocycles. The number of rotatable bonds is 9. The van der Waals surface area contributed by atoms with E-state index in [9.17, 15) is 0 Å². The third-order valence-electron chi connectivity index (χ3n) is 4.98. The molecule has 0 spiro atoms. The number of aromatic nitrogens is 1. The summed E-state index contributed by atoms with van der Waals surface area (Å²) < 4.78 is 22.0. The molecule has 0 radical (unpaired) electrons. The lowest BCUT2D eigenvalue weighted by Crippen LogP contribution is -2.38. The Balaban J connectivity index is 1.54. The first-order valence-electron chi connectivity index (χ1n) is 10.3. The van der Waals surface area contributed by atoms with E-state index in [1.807, 2.05) is 36.4 Å². The monoisotopic (exact) mass is 438 g/mol. The maximum absolute atomic E-state index is 5.61. The molecule has 8 nitrogen and oxygen atoms in total. The van der Waals surface area contributed by atoms with Crippen LogP contribution in [0.3, 0.4) is 0 Å². The van der Waals surface area contributed by atoms with Crippen LogP contribution in [-0.2, 0) is 13.0 Å². The molecule has 1 heterocycles. The zero-order valence-corrected chi connectivity index (χ0v) is 19.2. The second-order valence-electron chi connectivity index (χ2n) is 7.11. The van der Waals surface area contributed by atoms with Gasteiger partial charge in [-0.25, -0.2) is 4.98 Å². The Morgan fingerprint density at radius 2 is 1.72 bits per heavy atom. The smallest absolute Gasteiger partial charge is 0.226 e. The number of aliphatic imine (C=N–C) groups is 1. The summed E-state index contributed by atoms with van der Waals surface area (Å²) in [6.45, 7) is 3.20. The van der Waals surface area contributed by atoms with E-state index in [2.05, 4.69) is 27.5 Å². The highest BCUT2D eigenvalue weighted by molar-refractivity contribution is 5.79. The van der Waals surface area contributed by atoms with Crippen molar-refractivity contribution in [3.63, 3.8) is 0 Å². The molecule has 0 aliphatic carbocycles. The van der Waals surface area contributed by atoms with Crippen molar-refractivity contribution in [2.75, 3.05) is 34.9 Å². The summed E-state index contributed by atoms with van der Waals surface area (Å²) >= 11 is 0. The van der Waals surface area contributed by atoms with Crippen LogP contribution in [0.1, 0.15) is 16.8 Å². The minimum Gasteiger partial charge on any atom is -0.493 e. The van der Waals surface area contributed by atoms with E-state index in [0.29, 0.717) is 48.6 Å². The SMILES string of the molecule is CN=C(NCCc1ccc(OC)c(OC)c1OC)NCc1coc(-c2ccc(C)cc2)n1. The maximum Gasteiger partial charge on any atom is 0.226 e. The summed E-state index contributed by atoms with van der Waals surface area (Å²) in [5, 5.41) is 6.56. The summed E-state index contributed by atoms with van der Waals surface area (Å²) in [6, 6.07) is 11.9. The van der Waals surface area contributed by atoms with E-state index < -0.39 is 0 Å². The van der Waals surface area contributed by atoms with Crippen molar-refractivity contribution in [2.45, 2.75) is 19.9 Å². The summed E-state index contributed by atoms with van der Waals surface area (Å²) in [7, 11) is 6.56. The number of hydrogen-bond acceptors (Lipinski definition) is 6. The van der Waals surface area contributed by atoms with Gasteiger partial charge in [0.15, 0.2) is 17.5 Å². The van der Waals surface area contributed by atoms with Crippen LogP contribution >= 0.6 is 0 Å². The minimum atomic E-state index is 0.495. The van der Waals surface area contributed by atoms with E-state index in [0.717, 1.165) is 16.8 Å². The van der Waals surface area contributed by atoms with E-state index >= 15 is 0 Å². The van der Waals surface area contributed by atoms with Crippen molar-refractivity contribution in [2.24, 2.45) is 4.99 Å². The highest BCUT2D eigenvalue weighted by Crippen LogP contribution is 2.39. The van der Waals surface area contributed by atoms with Crippen molar-refractivity contribution < 1.29 is 18.6 Å². The molecule has 170 valence electrons. The van der Waals surface area contributed by atoms with Gasteiger partial charge in [0, 0.05) is 24.7 Å². The predicted octanol–water partition coefficient (Wildman–Crippen LogP) is 3.58. The molecule has 2 aromatic carbocycles. The maximum atomic E-state index is 5.61. The Morgan fingerprint density at radius 1 is 0.969 bits per heavy atom. The summed E-state index contributed by atoms with van der Waals surface area (Å²) in [4.78, 5) is 8.82. The van der Waals surface area contributed by atoms with Gasteiger partial charge in [0.25, 0.3) is 0 Å². The van der Waals surface area contributed by atoms with Gasteiger partial charge in [0.1, 0.15) is 6.26 Å². The molecule has 32 heavy (non-hydrogen) atoms. The molecule has 0 amide bonds. The molecule has 0 fully saturated rings. The molecule has 0 atom stereocenters. The van der Waals surface area contributed by atoms with Crippen LogP contribution in [0.2, 0.25) is 0 Å². The summed E-state index contributed by atoms with van der Waals surface area (Å²) in [6.07, 6.45) is 2.37. The normalized spacial score (nSPS) is 11.2. The van der Waals surface area contributed by atoms with Gasteiger partial charge in [-0.2, -0.15) is 0 Å². The number of nitrogens with one attached hydrogen (secondary N) is 2. The lowest BCUT2D eigenvalue weighted by atomic mass is 10.1. The largest absolute Gasteiger partial charge is 0.493 e. The molecular weight excluding hydrogens is 408 g/mol. The topological polar surface area (TPSA) is 90.1 Å². The first-order valence-corrected chi connectivity index (χ1v) is 10.3. The Bertz CT molecular complexity index is 1040. The number of benzene rings is 2. The van der Waals surface area contributed by atoms with Crippen LogP contribution in [0.25, 0.3) is 11.5 Å². The van der Waals surface area contributed by atoms with Crippen LogP contribution in [0.4, 0.5) is 0 Å². The summed E-state index contributed by atoms with van der Waals surface area (Å²) in [5.74, 6) is 3.17. The van der Waals surface area contributed by atoms with E-state index in [1.165, 1.54) is 5.56 Å². The van der Waals surface area contributed by atoms with Crippen molar-refractivity contribution in [3.8, 4) is 28.7 Å². The van der Waals surface area contributed by atoms with E-state index in [1.54, 1.807) is 34.6 Å². The second-order valence-corrected chi connectivity index (χ2v) is 7.11. The predicted molar refractivity (Wildman–Crippen MR) is 125 cm³/mol. The Hall–Kier alpha value is -3.68. The van der Waals surface area contributed by atoms with Crippen molar-refractivity contribution >= 4 is 5.96 Å². The van der Waals surface area contributed by atoms with Crippen molar-refractivity contribution in [3.05, 3.63) is 59.5 Å². The minimum absolute atomic E-state index is 0.495. The number of oxazole rings is 1. The van der Waals surface area contributed by atoms with E-state index in [4.69, 9.17) is 18.6 Å². The Kier molecular flexibility index (Phi) is 7.96. The molecule has 0 unspecified atom stereocenters. The third kappa shape index (κ3) is 5.51. The number of guanidine groups is 1. The van der Waals surface area contributed by atoms with Gasteiger partial charge in [-0.1, -0.05) is 23.8 Å². The molecule has 0 bridgehead atoms. The Morgan fingerprint density at radius 3 is 2.38 bits per heavy atom. The van der Waals surface area contributed by atoms with Crippen molar-refractivity contribution in [1.82, 2.24) is 15.6 Å². The first-order chi connectivity index (χ1) is 15.6. The Labute approximate surface area is 188 Å². The molecule has 3 aromatic rings. The van der Waals surface area contributed by atoms with Crippen LogP contribution in [0.15, 0.2) is 52.1 Å². The molecule has 1 aromatic heterocycles. The molecule has 3 rings (SSSR count). The standard InChI is InChI=1S/C24H30N4O4/c1-16-6-8-18(9-7-16)23-28-19(15-32-23)14-27-24(25-2)26-13-12-17-10-11-20(29-3)22(31-5)21(17)30-4/h6-11,15H,12-14H2,1-5H3,(H2,25,26,27). The summed E-state index contributed by atoms with van der Waals surface area (Å²) in [5.41, 5.74) is 3.95. The number of ether oxygens (including phenoxy) is 3. The molecule has 0 aliphatic heterocycles. The fraction of sp³-hybridized carbons (Fsp3) is 0.333. The zero-order chi connectivity index (χ0) is 22.9. The average Bonchev–Trinajstić information content (AvgIpc) is 3.30. The molecule has 8 heteroatoms. The van der Waals surface area contributed by atoms with Gasteiger partial charge in [0.2, 0.25) is 11.6 Å². The highest BCUT2D eigenvalue weighted by atomic mass is 16.5. The van der Waals surface area contributed by atoms with Gasteiger partial charge in [-0.05, 0) is 31.5 Å². The zero-order valence-electron chi connectivity index (χ0n) is 19.2. The van der Waals surface area contributed by atoms with Crippen LogP contribution in [0, 0.1) is 6.92 Å². The molecule has 0 saturated heterocycles. The molecular formula is C24H30N4O4. The molecule has 2 N–H and O–H groups in total. The molecule has 0 aliphatic rings. The average molecular weight is 439 g/mol. The number of methoxy groups -OCH3 is 3. The van der Waals surface area contributed by atoms with Gasteiger partial charge in [-0.15, -0.1) is 0 Å². The highest BCUT2D eigenvalue weighted by Gasteiger charge is 2.15. The number of nitrogens with zero attached hydrogens (tertiary/aromatic N) is 2. The lowest BCUT2D eigenvalue weighted by molar-refractivity contribution is 0.322. The van der Waals surface area contributed by atoms with Gasteiger partial charge >= 0.3 is 0 Å². The fourth-order valence-electron chi connectivity index (χ4n) is 3.29. The lowest BCUT2D eigenvalue weighted by Gasteiger charge is -2.16. The van der Waals surface area contributed by atoms with Gasteiger partial charge in [-0.3, -0.25) is 4.99 Å². The fourth-order valence-corrected chi connectivity index (χ4v) is 3.29. The van der Waals surface area contributed by atoms with Crippen LogP contribution in [-0.4, -0.2) is 45.9 Å². The second kappa shape index (κ2) is 11.1. The van der Waals surface area contributed by atoms with Gasteiger partial charge < -0.3 is 29.3 Å². The van der Waals surface area contributed by atoms with Gasteiger partial charge in [0.05, 0.1) is 33.6 Å². The van der Waals surface area contributed by atoms with Crippen molar-refractivity contribution in [1.29, 1.82) is 0 Å².